The topological polar surface area (TPSA) is 74.3 Å². The summed E-state index contributed by atoms with van der Waals surface area (Å²) in [5.74, 6) is 0.886. The molecule has 3 aromatic rings. The molecule has 2 aromatic carbocycles. The number of likely N-dealkylation sites (N-methyl/N-ethyl adjacent to an activating group) is 1. The predicted octanol–water partition coefficient (Wildman–Crippen LogP) is 3.77. The third-order valence-electron chi connectivity index (χ3n) is 8.91. The van der Waals surface area contributed by atoms with Crippen LogP contribution in [0.4, 0.5) is 15.9 Å². The normalized spacial score (nSPS) is 21.2. The van der Waals surface area contributed by atoms with Gasteiger partial charge in [0.2, 0.25) is 5.91 Å². The number of carbonyl (C=O) groups excluding carboxylic acids is 1. The van der Waals surface area contributed by atoms with Crippen molar-refractivity contribution in [2.24, 2.45) is 0 Å². The quantitative estimate of drug-likeness (QED) is 0.369. The van der Waals surface area contributed by atoms with Crippen LogP contribution in [0.25, 0.3) is 10.8 Å². The maximum Gasteiger partial charge on any atom is 0.318 e. The molecule has 0 radical (unpaired) electrons. The number of piperazine rings is 1. The molecule has 0 bridgehead atoms. The highest BCUT2D eigenvalue weighted by Gasteiger charge is 2.32. The Kier molecular flexibility index (Phi) is 8.76. The standard InChI is InChI=1S/C33H41FN6O3/c1-23-7-4-8-24-9-5-10-29(31(23)24)40-13-12-27-28(21-40)35-33(43-22-26-19-25(34)20-37(26)2)36-32(27)39-16-14-38(15-17-39)30(41)11-6-18-42-3/h4-11,25-26H,12-22H2,1-3H3/b11-6+. The summed E-state index contributed by atoms with van der Waals surface area (Å²) >= 11 is 0. The lowest BCUT2D eigenvalue weighted by atomic mass is 9.99. The van der Waals surface area contributed by atoms with E-state index in [1.54, 1.807) is 19.3 Å². The lowest BCUT2D eigenvalue weighted by molar-refractivity contribution is -0.126. The molecule has 6 rings (SSSR count). The number of hydrogen-bond donors (Lipinski definition) is 0. The van der Waals surface area contributed by atoms with Crippen molar-refractivity contribution < 1.29 is 18.7 Å². The second-order valence-electron chi connectivity index (χ2n) is 11.8. The summed E-state index contributed by atoms with van der Waals surface area (Å²) in [6, 6.07) is 13.2. The number of aryl methyl sites for hydroxylation is 1. The average molecular weight is 589 g/mol. The largest absolute Gasteiger partial charge is 0.462 e. The second kappa shape index (κ2) is 12.9. The summed E-state index contributed by atoms with van der Waals surface area (Å²) < 4.78 is 25.2. The fourth-order valence-corrected chi connectivity index (χ4v) is 6.56. The van der Waals surface area contributed by atoms with Gasteiger partial charge in [0.25, 0.3) is 0 Å². The summed E-state index contributed by atoms with van der Waals surface area (Å²) in [5, 5.41) is 2.50. The minimum atomic E-state index is -0.834. The number of carbonyl (C=O) groups is 1. The molecule has 0 N–H and O–H groups in total. The van der Waals surface area contributed by atoms with E-state index in [0.29, 0.717) is 64.9 Å². The van der Waals surface area contributed by atoms with Crippen LogP contribution in [0, 0.1) is 6.92 Å². The highest BCUT2D eigenvalue weighted by atomic mass is 19.1. The van der Waals surface area contributed by atoms with Gasteiger partial charge in [-0.3, -0.25) is 9.69 Å². The number of halogens is 1. The number of fused-ring (bicyclic) bond motifs is 2. The Balaban J connectivity index is 1.26. The van der Waals surface area contributed by atoms with E-state index in [1.807, 2.05) is 16.8 Å². The molecule has 9 nitrogen and oxygen atoms in total. The lowest BCUT2D eigenvalue weighted by Gasteiger charge is -2.38. The fraction of sp³-hybridized carbons (Fsp3) is 0.485. The highest BCUT2D eigenvalue weighted by Crippen LogP contribution is 2.35. The van der Waals surface area contributed by atoms with Gasteiger partial charge in [0.05, 0.1) is 18.8 Å². The first-order valence-electron chi connectivity index (χ1n) is 15.2. The maximum absolute atomic E-state index is 14.0. The maximum atomic E-state index is 14.0. The zero-order chi connectivity index (χ0) is 29.9. The molecular weight excluding hydrogens is 547 g/mol. The smallest absolute Gasteiger partial charge is 0.318 e. The summed E-state index contributed by atoms with van der Waals surface area (Å²) in [6.07, 6.45) is 3.76. The molecule has 4 heterocycles. The Labute approximate surface area is 252 Å². The SMILES string of the molecule is COC/C=C/C(=O)N1CCN(c2nc(OCC3CC(F)CN3C)nc3c2CCN(c2cccc4cccc(C)c24)C3)CC1. The van der Waals surface area contributed by atoms with E-state index in [2.05, 4.69) is 53.1 Å². The molecule has 1 amide bonds. The van der Waals surface area contributed by atoms with E-state index in [-0.39, 0.29) is 11.9 Å². The van der Waals surface area contributed by atoms with Gasteiger partial charge < -0.3 is 24.2 Å². The van der Waals surface area contributed by atoms with E-state index >= 15 is 0 Å². The Hall–Kier alpha value is -3.76. The molecule has 2 atom stereocenters. The number of methoxy groups -OCH3 is 1. The molecule has 10 heteroatoms. The summed E-state index contributed by atoms with van der Waals surface area (Å²) in [7, 11) is 3.54. The lowest BCUT2D eigenvalue weighted by Crippen LogP contribution is -2.49. The van der Waals surface area contributed by atoms with E-state index in [9.17, 15) is 9.18 Å². The van der Waals surface area contributed by atoms with Gasteiger partial charge in [-0.15, -0.1) is 0 Å². The Morgan fingerprint density at radius 3 is 2.60 bits per heavy atom. The average Bonchev–Trinajstić information content (AvgIpc) is 3.35. The number of benzene rings is 2. The summed E-state index contributed by atoms with van der Waals surface area (Å²) in [4.78, 5) is 31.0. The van der Waals surface area contributed by atoms with Crippen molar-refractivity contribution in [2.75, 3.05) is 76.4 Å². The number of rotatable bonds is 8. The van der Waals surface area contributed by atoms with Crippen molar-refractivity contribution in [1.29, 1.82) is 0 Å². The Morgan fingerprint density at radius 1 is 1.07 bits per heavy atom. The van der Waals surface area contributed by atoms with Gasteiger partial charge in [-0.2, -0.15) is 9.97 Å². The van der Waals surface area contributed by atoms with Crippen LogP contribution in [0.5, 0.6) is 6.01 Å². The third kappa shape index (κ3) is 6.31. The summed E-state index contributed by atoms with van der Waals surface area (Å²) in [6.45, 7) is 7.41. The number of nitrogens with zero attached hydrogens (tertiary/aromatic N) is 6. The summed E-state index contributed by atoms with van der Waals surface area (Å²) in [5.41, 5.74) is 4.56. The van der Waals surface area contributed by atoms with Crippen molar-refractivity contribution in [3.05, 3.63) is 65.4 Å². The van der Waals surface area contributed by atoms with Crippen molar-refractivity contribution in [1.82, 2.24) is 19.8 Å². The van der Waals surface area contributed by atoms with Gasteiger partial charge >= 0.3 is 6.01 Å². The van der Waals surface area contributed by atoms with Crippen molar-refractivity contribution in [3.63, 3.8) is 0 Å². The van der Waals surface area contributed by atoms with Crippen LogP contribution in [0.15, 0.2) is 48.6 Å². The molecule has 2 saturated heterocycles. The zero-order valence-corrected chi connectivity index (χ0v) is 25.3. The van der Waals surface area contributed by atoms with Crippen molar-refractivity contribution >= 4 is 28.2 Å². The molecule has 3 aliphatic rings. The Bertz CT molecular complexity index is 1490. The first-order chi connectivity index (χ1) is 20.9. The number of likely N-dealkylation sites (tertiary alicyclic amines) is 1. The first-order valence-corrected chi connectivity index (χ1v) is 15.2. The van der Waals surface area contributed by atoms with Gasteiger partial charge in [0.1, 0.15) is 18.6 Å². The van der Waals surface area contributed by atoms with E-state index in [1.165, 1.54) is 22.0 Å². The number of hydrogen-bond acceptors (Lipinski definition) is 8. The molecule has 43 heavy (non-hydrogen) atoms. The molecule has 0 aliphatic carbocycles. The van der Waals surface area contributed by atoms with Crippen LogP contribution in [0.3, 0.4) is 0 Å². The van der Waals surface area contributed by atoms with Crippen LogP contribution < -0.4 is 14.5 Å². The monoisotopic (exact) mass is 588 g/mol. The number of anilines is 2. The number of aromatic nitrogens is 2. The van der Waals surface area contributed by atoms with Crippen molar-refractivity contribution in [3.8, 4) is 6.01 Å². The molecule has 0 spiro atoms. The van der Waals surface area contributed by atoms with Crippen LogP contribution in [0.2, 0.25) is 0 Å². The fourth-order valence-electron chi connectivity index (χ4n) is 6.56. The predicted molar refractivity (Wildman–Crippen MR) is 167 cm³/mol. The van der Waals surface area contributed by atoms with Crippen LogP contribution in [0.1, 0.15) is 23.2 Å². The minimum Gasteiger partial charge on any atom is -0.462 e. The van der Waals surface area contributed by atoms with Gasteiger partial charge in [0.15, 0.2) is 0 Å². The molecule has 2 unspecified atom stereocenters. The highest BCUT2D eigenvalue weighted by molar-refractivity contribution is 5.97. The molecule has 3 aliphatic heterocycles. The molecule has 2 fully saturated rings. The van der Waals surface area contributed by atoms with Gasteiger partial charge in [-0.05, 0) is 43.8 Å². The van der Waals surface area contributed by atoms with E-state index < -0.39 is 6.17 Å². The first kappa shape index (κ1) is 29.3. The van der Waals surface area contributed by atoms with Gasteiger partial charge in [-0.25, -0.2) is 4.39 Å². The van der Waals surface area contributed by atoms with Gasteiger partial charge in [0, 0.05) is 75.1 Å². The third-order valence-corrected chi connectivity index (χ3v) is 8.91. The number of amides is 1. The van der Waals surface area contributed by atoms with E-state index in [4.69, 9.17) is 19.4 Å². The minimum absolute atomic E-state index is 0.00156. The van der Waals surface area contributed by atoms with Gasteiger partial charge in [-0.1, -0.05) is 36.4 Å². The van der Waals surface area contributed by atoms with Crippen LogP contribution in [-0.2, 0) is 22.5 Å². The molecule has 1 aromatic heterocycles. The van der Waals surface area contributed by atoms with Crippen LogP contribution in [-0.4, -0.2) is 105 Å². The van der Waals surface area contributed by atoms with Crippen molar-refractivity contribution in [2.45, 2.75) is 38.5 Å². The molecule has 228 valence electrons. The second-order valence-corrected chi connectivity index (χ2v) is 11.8. The Morgan fingerprint density at radius 2 is 1.86 bits per heavy atom. The van der Waals surface area contributed by atoms with Crippen LogP contribution >= 0.6 is 0 Å². The number of ether oxygens (including phenoxy) is 2. The molecule has 0 saturated carbocycles. The molecular formula is C33H41FN6O3. The zero-order valence-electron chi connectivity index (χ0n) is 25.3. The number of alkyl halides is 1. The van der Waals surface area contributed by atoms with E-state index in [0.717, 1.165) is 30.0 Å².